The molecule has 2 N–H and O–H groups in total. The van der Waals surface area contributed by atoms with Gasteiger partial charge >= 0.3 is 0 Å². The summed E-state index contributed by atoms with van der Waals surface area (Å²) in [5, 5.41) is 18.2. The van der Waals surface area contributed by atoms with Crippen LogP contribution in [0.2, 0.25) is 5.02 Å². The number of hydrogen-bond donors (Lipinski definition) is 2. The van der Waals surface area contributed by atoms with Crippen LogP contribution in [0.5, 0.6) is 0 Å². The Morgan fingerprint density at radius 1 is 1.09 bits per heavy atom. The van der Waals surface area contributed by atoms with Gasteiger partial charge in [-0.15, -0.1) is 0 Å². The van der Waals surface area contributed by atoms with Crippen molar-refractivity contribution in [2.45, 2.75) is 0 Å². The third-order valence-electron chi connectivity index (χ3n) is 4.53. The van der Waals surface area contributed by atoms with Gasteiger partial charge in [-0.2, -0.15) is 20.1 Å². The van der Waals surface area contributed by atoms with Gasteiger partial charge < -0.3 is 14.6 Å². The Kier molecular flexibility index (Phi) is 6.83. The number of nitro groups is 1. The molecule has 35 heavy (non-hydrogen) atoms. The van der Waals surface area contributed by atoms with E-state index in [4.69, 9.17) is 16.0 Å². The maximum Gasteiger partial charge on any atom is 0.288 e. The van der Waals surface area contributed by atoms with Crippen LogP contribution in [0.3, 0.4) is 0 Å². The SMILES string of the molecule is CN(C)c1nc(NN=Cc2ccc(-c3ccc(Cl)c([N+](=O)[O-])c3)o2)nc(Nc2ccc(F)cc2)n1. The predicted molar refractivity (Wildman–Crippen MR) is 131 cm³/mol. The minimum Gasteiger partial charge on any atom is -0.455 e. The van der Waals surface area contributed by atoms with E-state index in [1.807, 2.05) is 0 Å². The monoisotopic (exact) mass is 496 g/mol. The lowest BCUT2D eigenvalue weighted by molar-refractivity contribution is -0.384. The van der Waals surface area contributed by atoms with Gasteiger partial charge in [-0.1, -0.05) is 11.6 Å². The maximum absolute atomic E-state index is 13.2. The van der Waals surface area contributed by atoms with E-state index in [9.17, 15) is 14.5 Å². The molecule has 0 spiro atoms. The van der Waals surface area contributed by atoms with E-state index in [1.165, 1.54) is 30.5 Å². The van der Waals surface area contributed by atoms with E-state index in [-0.39, 0.29) is 28.4 Å². The molecular formula is C22H18ClFN8O3. The minimum absolute atomic E-state index is 0.0408. The molecule has 0 aliphatic heterocycles. The van der Waals surface area contributed by atoms with E-state index in [2.05, 4.69) is 30.8 Å². The van der Waals surface area contributed by atoms with Crippen LogP contribution < -0.4 is 15.6 Å². The van der Waals surface area contributed by atoms with Gasteiger partial charge in [0.05, 0.1) is 11.1 Å². The molecular weight excluding hydrogens is 479 g/mol. The fourth-order valence-electron chi connectivity index (χ4n) is 2.87. The molecule has 0 radical (unpaired) electrons. The number of furan rings is 1. The first-order valence-electron chi connectivity index (χ1n) is 10.1. The molecule has 0 amide bonds. The van der Waals surface area contributed by atoms with Crippen LogP contribution in [0.1, 0.15) is 5.76 Å². The Morgan fingerprint density at radius 3 is 2.54 bits per heavy atom. The molecule has 0 aliphatic rings. The number of nitrogens with one attached hydrogen (secondary N) is 2. The topological polar surface area (TPSA) is 135 Å². The molecule has 2 heterocycles. The number of halogens is 2. The van der Waals surface area contributed by atoms with Crippen LogP contribution in [-0.4, -0.2) is 40.2 Å². The van der Waals surface area contributed by atoms with Crippen molar-refractivity contribution in [1.82, 2.24) is 15.0 Å². The zero-order valence-corrected chi connectivity index (χ0v) is 19.2. The lowest BCUT2D eigenvalue weighted by Gasteiger charge is -2.13. The first-order valence-corrected chi connectivity index (χ1v) is 10.5. The molecule has 4 rings (SSSR count). The number of nitrogens with zero attached hydrogens (tertiary/aromatic N) is 6. The predicted octanol–water partition coefficient (Wildman–Crippen LogP) is 5.09. The molecule has 178 valence electrons. The molecule has 0 unspecified atom stereocenters. The molecule has 0 saturated heterocycles. The Balaban J connectivity index is 1.50. The number of benzene rings is 2. The van der Waals surface area contributed by atoms with Crippen LogP contribution in [0.4, 0.5) is 33.6 Å². The van der Waals surface area contributed by atoms with Crippen molar-refractivity contribution in [3.05, 3.63) is 81.3 Å². The summed E-state index contributed by atoms with van der Waals surface area (Å²) in [5.74, 6) is 1.20. The summed E-state index contributed by atoms with van der Waals surface area (Å²) in [4.78, 5) is 25.1. The fraction of sp³-hybridized carbons (Fsp3) is 0.0909. The molecule has 11 nitrogen and oxygen atoms in total. The van der Waals surface area contributed by atoms with Crippen LogP contribution in [0.15, 0.2) is 64.1 Å². The number of nitro benzene ring substituents is 1. The van der Waals surface area contributed by atoms with Gasteiger partial charge in [-0.05, 0) is 48.5 Å². The second-order valence-corrected chi connectivity index (χ2v) is 7.71. The molecule has 0 aliphatic carbocycles. The summed E-state index contributed by atoms with van der Waals surface area (Å²) in [7, 11) is 3.55. The zero-order valence-electron chi connectivity index (χ0n) is 18.4. The maximum atomic E-state index is 13.2. The normalized spacial score (nSPS) is 11.0. The summed E-state index contributed by atoms with van der Waals surface area (Å²) in [5.41, 5.74) is 3.60. The summed E-state index contributed by atoms with van der Waals surface area (Å²) in [6, 6.07) is 13.5. The van der Waals surface area contributed by atoms with Crippen LogP contribution in [0.25, 0.3) is 11.3 Å². The second-order valence-electron chi connectivity index (χ2n) is 7.30. The average molecular weight is 497 g/mol. The highest BCUT2D eigenvalue weighted by molar-refractivity contribution is 6.32. The highest BCUT2D eigenvalue weighted by Crippen LogP contribution is 2.31. The first kappa shape index (κ1) is 23.6. The zero-order chi connectivity index (χ0) is 24.9. The fourth-order valence-corrected chi connectivity index (χ4v) is 3.06. The average Bonchev–Trinajstić information content (AvgIpc) is 3.29. The molecule has 0 fully saturated rings. The minimum atomic E-state index is -0.559. The third kappa shape index (κ3) is 5.86. The van der Waals surface area contributed by atoms with Crippen molar-refractivity contribution < 1.29 is 13.7 Å². The standard InChI is InChI=1S/C22H18ClFN8O3/c1-31(2)22-28-20(26-15-6-4-14(24)5-7-15)27-21(29-22)30-25-12-16-8-10-19(35-16)13-3-9-17(23)18(11-13)32(33)34/h3-12H,1-2H3,(H2,26,27,28,29,30). The third-order valence-corrected chi connectivity index (χ3v) is 4.85. The van der Waals surface area contributed by atoms with E-state index in [0.717, 1.165) is 0 Å². The molecule has 4 aromatic rings. The molecule has 0 atom stereocenters. The van der Waals surface area contributed by atoms with E-state index in [0.29, 0.717) is 28.7 Å². The highest BCUT2D eigenvalue weighted by atomic mass is 35.5. The van der Waals surface area contributed by atoms with Crippen molar-refractivity contribution in [2.75, 3.05) is 29.7 Å². The Bertz CT molecular complexity index is 1390. The molecule has 2 aromatic heterocycles. The molecule has 13 heteroatoms. The van der Waals surface area contributed by atoms with Crippen molar-refractivity contribution in [3.8, 4) is 11.3 Å². The van der Waals surface area contributed by atoms with E-state index in [1.54, 1.807) is 49.3 Å². The van der Waals surface area contributed by atoms with E-state index >= 15 is 0 Å². The lowest BCUT2D eigenvalue weighted by Crippen LogP contribution is -2.15. The Labute approximate surface area is 203 Å². The summed E-state index contributed by atoms with van der Waals surface area (Å²) < 4.78 is 18.9. The van der Waals surface area contributed by atoms with Gasteiger partial charge in [0, 0.05) is 31.4 Å². The van der Waals surface area contributed by atoms with Gasteiger partial charge in [0.2, 0.25) is 17.8 Å². The largest absolute Gasteiger partial charge is 0.455 e. The van der Waals surface area contributed by atoms with Gasteiger partial charge in [-0.3, -0.25) is 10.1 Å². The number of hydrogen-bond acceptors (Lipinski definition) is 10. The smallest absolute Gasteiger partial charge is 0.288 e. The van der Waals surface area contributed by atoms with Crippen molar-refractivity contribution in [1.29, 1.82) is 0 Å². The summed E-state index contributed by atoms with van der Waals surface area (Å²) in [6.45, 7) is 0. The number of hydrazone groups is 1. The van der Waals surface area contributed by atoms with Gasteiger partial charge in [0.1, 0.15) is 22.4 Å². The van der Waals surface area contributed by atoms with E-state index < -0.39 is 4.92 Å². The van der Waals surface area contributed by atoms with Crippen LogP contribution in [-0.2, 0) is 0 Å². The number of rotatable bonds is 8. The molecule has 0 bridgehead atoms. The van der Waals surface area contributed by atoms with Crippen molar-refractivity contribution in [3.63, 3.8) is 0 Å². The number of anilines is 4. The van der Waals surface area contributed by atoms with Gasteiger partial charge in [0.15, 0.2) is 0 Å². The van der Waals surface area contributed by atoms with Crippen LogP contribution in [0, 0.1) is 15.9 Å². The number of aromatic nitrogens is 3. The second kappa shape index (κ2) is 10.1. The lowest BCUT2D eigenvalue weighted by atomic mass is 10.1. The molecule has 0 saturated carbocycles. The summed E-state index contributed by atoms with van der Waals surface area (Å²) >= 11 is 5.86. The quantitative estimate of drug-likeness (QED) is 0.194. The molecule has 2 aromatic carbocycles. The highest BCUT2D eigenvalue weighted by Gasteiger charge is 2.15. The van der Waals surface area contributed by atoms with Crippen LogP contribution >= 0.6 is 11.6 Å². The van der Waals surface area contributed by atoms with Crippen molar-refractivity contribution >= 4 is 47.0 Å². The van der Waals surface area contributed by atoms with Gasteiger partial charge in [0.25, 0.3) is 5.69 Å². The van der Waals surface area contributed by atoms with Gasteiger partial charge in [-0.25, -0.2) is 9.82 Å². The first-order chi connectivity index (χ1) is 16.8. The Morgan fingerprint density at radius 2 is 1.83 bits per heavy atom. The summed E-state index contributed by atoms with van der Waals surface area (Å²) in [6.07, 6.45) is 1.40. The Hall–Kier alpha value is -4.58. The van der Waals surface area contributed by atoms with Crippen molar-refractivity contribution in [2.24, 2.45) is 5.10 Å².